The first kappa shape index (κ1) is 19.8. The van der Waals surface area contributed by atoms with E-state index in [1.807, 2.05) is 0 Å². The molecule has 0 atom stereocenters. The summed E-state index contributed by atoms with van der Waals surface area (Å²) < 4.78 is 85.2. The van der Waals surface area contributed by atoms with Gasteiger partial charge >= 0.3 is 12.5 Å². The zero-order valence-corrected chi connectivity index (χ0v) is 13.9. The summed E-state index contributed by atoms with van der Waals surface area (Å²) in [5.74, 6) is -2.03. The summed E-state index contributed by atoms with van der Waals surface area (Å²) in [4.78, 5) is 17.1. The second kappa shape index (κ2) is 7.21. The number of rotatable bonds is 4. The maximum Gasteiger partial charge on any atom is 0.573 e. The predicted molar refractivity (Wildman–Crippen MR) is 82.7 cm³/mol. The van der Waals surface area contributed by atoms with Crippen LogP contribution in [0, 0.1) is 0 Å². The third kappa shape index (κ3) is 4.46. The Kier molecular flexibility index (Phi) is 5.09. The highest BCUT2D eigenvalue weighted by atomic mass is 19.4. The highest BCUT2D eigenvalue weighted by Gasteiger charge is 2.39. The van der Waals surface area contributed by atoms with Crippen molar-refractivity contribution in [3.05, 3.63) is 53.7 Å². The van der Waals surface area contributed by atoms with Crippen molar-refractivity contribution >= 4 is 5.91 Å². The number of alkyl halides is 6. The number of amides is 1. The summed E-state index contributed by atoms with van der Waals surface area (Å²) in [5, 5.41) is 0. The first-order chi connectivity index (χ1) is 13.0. The largest absolute Gasteiger partial charge is 0.573 e. The van der Waals surface area contributed by atoms with Gasteiger partial charge in [0.15, 0.2) is 0 Å². The SMILES string of the molecule is O=C(c1ccccc1OC(F)(F)F)N1CC(Oc2ncccc2C(F)(F)F)C1. The van der Waals surface area contributed by atoms with Crippen LogP contribution in [0.4, 0.5) is 26.3 Å². The summed E-state index contributed by atoms with van der Waals surface area (Å²) in [5.41, 5.74) is -1.37. The topological polar surface area (TPSA) is 51.7 Å². The number of likely N-dealkylation sites (tertiary alicyclic amines) is 1. The number of carbonyl (C=O) groups excluding carboxylic acids is 1. The Morgan fingerprint density at radius 3 is 2.36 bits per heavy atom. The fraction of sp³-hybridized carbons (Fsp3) is 0.294. The molecule has 0 unspecified atom stereocenters. The number of aromatic nitrogens is 1. The van der Waals surface area contributed by atoms with Gasteiger partial charge in [-0.2, -0.15) is 13.2 Å². The number of carbonyl (C=O) groups is 1. The smallest absolute Gasteiger partial charge is 0.470 e. The molecule has 0 spiro atoms. The second-order valence-corrected chi connectivity index (χ2v) is 5.85. The molecule has 28 heavy (non-hydrogen) atoms. The molecule has 0 N–H and O–H groups in total. The number of pyridine rings is 1. The van der Waals surface area contributed by atoms with Crippen molar-refractivity contribution in [2.75, 3.05) is 13.1 Å². The monoisotopic (exact) mass is 406 g/mol. The van der Waals surface area contributed by atoms with E-state index in [1.165, 1.54) is 12.1 Å². The van der Waals surface area contributed by atoms with Crippen LogP contribution in [-0.2, 0) is 6.18 Å². The number of benzene rings is 1. The standard InChI is InChI=1S/C17H12F6N2O3/c18-16(19,20)12-5-3-7-24-14(12)27-10-8-25(9-10)15(26)11-4-1-2-6-13(11)28-17(21,22)23/h1-7,10H,8-9H2. The number of hydrogen-bond acceptors (Lipinski definition) is 4. The Bertz CT molecular complexity index is 862. The van der Waals surface area contributed by atoms with Crippen molar-refractivity contribution < 1.29 is 40.6 Å². The van der Waals surface area contributed by atoms with Gasteiger partial charge in [0.05, 0.1) is 18.7 Å². The van der Waals surface area contributed by atoms with Crippen LogP contribution >= 0.6 is 0 Å². The maximum atomic E-state index is 12.9. The van der Waals surface area contributed by atoms with Crippen LogP contribution in [0.15, 0.2) is 42.6 Å². The third-order valence-corrected chi connectivity index (χ3v) is 3.83. The van der Waals surface area contributed by atoms with E-state index in [9.17, 15) is 31.1 Å². The third-order valence-electron chi connectivity index (χ3n) is 3.83. The van der Waals surface area contributed by atoms with E-state index in [0.717, 1.165) is 35.4 Å². The fourth-order valence-electron chi connectivity index (χ4n) is 2.56. The lowest BCUT2D eigenvalue weighted by molar-refractivity contribution is -0.274. The lowest BCUT2D eigenvalue weighted by Crippen LogP contribution is -2.56. The van der Waals surface area contributed by atoms with E-state index in [-0.39, 0.29) is 18.7 Å². The molecule has 1 amide bonds. The average Bonchev–Trinajstić information content (AvgIpc) is 2.56. The number of para-hydroxylation sites is 1. The number of hydrogen-bond donors (Lipinski definition) is 0. The molecule has 1 aliphatic rings. The number of nitrogens with zero attached hydrogens (tertiary/aromatic N) is 2. The molecule has 1 fully saturated rings. The minimum absolute atomic E-state index is 0.104. The molecule has 5 nitrogen and oxygen atoms in total. The van der Waals surface area contributed by atoms with Gasteiger partial charge in [-0.25, -0.2) is 4.98 Å². The Hall–Kier alpha value is -2.98. The van der Waals surface area contributed by atoms with Crippen LogP contribution in [0.2, 0.25) is 0 Å². The van der Waals surface area contributed by atoms with Gasteiger partial charge in [-0.3, -0.25) is 4.79 Å². The van der Waals surface area contributed by atoms with E-state index < -0.39 is 41.7 Å². The van der Waals surface area contributed by atoms with Crippen LogP contribution in [-0.4, -0.2) is 41.3 Å². The van der Waals surface area contributed by atoms with Gasteiger partial charge in [0.25, 0.3) is 5.91 Å². The Morgan fingerprint density at radius 1 is 1.04 bits per heavy atom. The zero-order chi connectivity index (χ0) is 20.5. The summed E-state index contributed by atoms with van der Waals surface area (Å²) >= 11 is 0. The lowest BCUT2D eigenvalue weighted by atomic mass is 10.1. The van der Waals surface area contributed by atoms with Crippen molar-refractivity contribution in [2.24, 2.45) is 0 Å². The molecule has 2 aromatic rings. The van der Waals surface area contributed by atoms with E-state index >= 15 is 0 Å². The minimum atomic E-state index is -4.97. The van der Waals surface area contributed by atoms with E-state index in [2.05, 4.69) is 9.72 Å². The van der Waals surface area contributed by atoms with E-state index in [0.29, 0.717) is 0 Å². The first-order valence-electron chi connectivity index (χ1n) is 7.87. The number of ether oxygens (including phenoxy) is 2. The molecule has 1 aromatic heterocycles. The van der Waals surface area contributed by atoms with E-state index in [4.69, 9.17) is 4.74 Å². The Morgan fingerprint density at radius 2 is 1.71 bits per heavy atom. The van der Waals surface area contributed by atoms with Crippen molar-refractivity contribution in [2.45, 2.75) is 18.6 Å². The van der Waals surface area contributed by atoms with Gasteiger partial charge in [-0.1, -0.05) is 12.1 Å². The summed E-state index contributed by atoms with van der Waals surface area (Å²) in [7, 11) is 0. The van der Waals surface area contributed by atoms with Gasteiger partial charge in [0, 0.05) is 6.20 Å². The Balaban J connectivity index is 1.66. The van der Waals surface area contributed by atoms with Gasteiger partial charge in [0.2, 0.25) is 5.88 Å². The summed E-state index contributed by atoms with van der Waals surface area (Å²) in [6.45, 7) is -0.208. The van der Waals surface area contributed by atoms with Crippen molar-refractivity contribution in [1.29, 1.82) is 0 Å². The predicted octanol–water partition coefficient (Wildman–Crippen LogP) is 3.90. The van der Waals surface area contributed by atoms with Crippen molar-refractivity contribution in [1.82, 2.24) is 9.88 Å². The molecule has 2 heterocycles. The second-order valence-electron chi connectivity index (χ2n) is 5.85. The van der Waals surface area contributed by atoms with Gasteiger partial charge in [0.1, 0.15) is 17.4 Å². The molecular formula is C17H12F6N2O3. The molecule has 1 aliphatic heterocycles. The molecule has 1 saturated heterocycles. The average molecular weight is 406 g/mol. The van der Waals surface area contributed by atoms with Crippen LogP contribution < -0.4 is 9.47 Å². The zero-order valence-electron chi connectivity index (χ0n) is 13.9. The van der Waals surface area contributed by atoms with Gasteiger partial charge in [-0.05, 0) is 24.3 Å². The lowest BCUT2D eigenvalue weighted by Gasteiger charge is -2.39. The molecule has 0 bridgehead atoms. The normalized spacial score (nSPS) is 15.1. The maximum absolute atomic E-state index is 12.9. The number of halogens is 6. The van der Waals surface area contributed by atoms with Gasteiger partial charge < -0.3 is 14.4 Å². The minimum Gasteiger partial charge on any atom is -0.470 e. The quantitative estimate of drug-likeness (QED) is 0.723. The molecule has 0 radical (unpaired) electrons. The van der Waals surface area contributed by atoms with Crippen molar-refractivity contribution in [3.63, 3.8) is 0 Å². The highest BCUT2D eigenvalue weighted by molar-refractivity contribution is 5.97. The highest BCUT2D eigenvalue weighted by Crippen LogP contribution is 2.36. The first-order valence-corrected chi connectivity index (χ1v) is 7.87. The van der Waals surface area contributed by atoms with Crippen molar-refractivity contribution in [3.8, 4) is 11.6 Å². The van der Waals surface area contributed by atoms with Crippen LogP contribution in [0.1, 0.15) is 15.9 Å². The molecular weight excluding hydrogens is 394 g/mol. The Labute approximate surface area is 154 Å². The molecule has 3 rings (SSSR count). The molecule has 0 aliphatic carbocycles. The van der Waals surface area contributed by atoms with E-state index in [1.54, 1.807) is 0 Å². The molecule has 0 saturated carbocycles. The van der Waals surface area contributed by atoms with Gasteiger partial charge in [-0.15, -0.1) is 13.2 Å². The summed E-state index contributed by atoms with van der Waals surface area (Å²) in [6.07, 6.45) is -9.26. The van der Waals surface area contributed by atoms with Crippen LogP contribution in [0.5, 0.6) is 11.6 Å². The van der Waals surface area contributed by atoms with Crippen LogP contribution in [0.3, 0.4) is 0 Å². The summed E-state index contributed by atoms with van der Waals surface area (Å²) in [6, 6.07) is 6.74. The van der Waals surface area contributed by atoms with Crippen LogP contribution in [0.25, 0.3) is 0 Å². The molecule has 1 aromatic carbocycles. The molecule has 150 valence electrons. The fourth-order valence-corrected chi connectivity index (χ4v) is 2.56. The molecule has 11 heteroatoms.